The van der Waals surface area contributed by atoms with Crippen molar-refractivity contribution in [2.75, 3.05) is 12.0 Å². The molecule has 0 N–H and O–H groups in total. The first kappa shape index (κ1) is 19.0. The predicted octanol–water partition coefficient (Wildman–Crippen LogP) is 3.49. The molecule has 3 heterocycles. The van der Waals surface area contributed by atoms with E-state index in [9.17, 15) is 9.90 Å². The van der Waals surface area contributed by atoms with Gasteiger partial charge in [0.05, 0.1) is 16.2 Å². The molecule has 1 aliphatic rings. The number of hydrogen-bond acceptors (Lipinski definition) is 8. The molecule has 0 spiro atoms. The number of aryl methyl sites for hydroxylation is 1. The predicted molar refractivity (Wildman–Crippen MR) is 111 cm³/mol. The van der Waals surface area contributed by atoms with Gasteiger partial charge in [0.2, 0.25) is 0 Å². The van der Waals surface area contributed by atoms with Crippen LogP contribution in [0.1, 0.15) is 37.1 Å². The van der Waals surface area contributed by atoms with E-state index < -0.39 is 5.97 Å². The van der Waals surface area contributed by atoms with Gasteiger partial charge in [-0.2, -0.15) is 0 Å². The highest BCUT2D eigenvalue weighted by atomic mass is 32.2. The van der Waals surface area contributed by atoms with E-state index >= 15 is 0 Å². The van der Waals surface area contributed by atoms with Gasteiger partial charge >= 0.3 is 0 Å². The number of carbonyl (C=O) groups excluding carboxylic acids is 1. The fourth-order valence-electron chi connectivity index (χ4n) is 3.67. The van der Waals surface area contributed by atoms with Crippen molar-refractivity contribution in [2.24, 2.45) is 5.92 Å². The Bertz CT molecular complexity index is 1050. The Balaban J connectivity index is 1.98. The lowest BCUT2D eigenvalue weighted by atomic mass is 9.99. The van der Waals surface area contributed by atoms with Crippen LogP contribution in [0.3, 0.4) is 0 Å². The summed E-state index contributed by atoms with van der Waals surface area (Å²) in [5, 5.41) is 13.5. The highest BCUT2D eigenvalue weighted by Gasteiger charge is 2.25. The van der Waals surface area contributed by atoms with Crippen LogP contribution in [0.15, 0.2) is 10.2 Å². The van der Waals surface area contributed by atoms with Crippen LogP contribution in [0.25, 0.3) is 20.4 Å². The Kier molecular flexibility index (Phi) is 5.31. The minimum atomic E-state index is -1.09. The van der Waals surface area contributed by atoms with E-state index in [1.54, 1.807) is 11.3 Å². The first-order valence-corrected chi connectivity index (χ1v) is 12.0. The molecule has 3 aromatic heterocycles. The lowest BCUT2D eigenvalue weighted by Crippen LogP contribution is -2.24. The highest BCUT2D eigenvalue weighted by molar-refractivity contribution is 8.00. The van der Waals surface area contributed by atoms with Crippen LogP contribution < -0.4 is 5.11 Å². The average Bonchev–Trinajstić information content (AvgIpc) is 3.22. The van der Waals surface area contributed by atoms with Crippen molar-refractivity contribution in [3.63, 3.8) is 0 Å². The monoisotopic (exact) mass is 418 g/mol. The normalized spacial score (nSPS) is 13.8. The zero-order chi connectivity index (χ0) is 19.1. The molecule has 0 radical (unpaired) electrons. The maximum atomic E-state index is 10.9. The summed E-state index contributed by atoms with van der Waals surface area (Å²) in [6.45, 7) is 4.45. The molecular weight excluding hydrogens is 398 g/mol. The van der Waals surface area contributed by atoms with Crippen molar-refractivity contribution in [2.45, 2.75) is 49.7 Å². The van der Waals surface area contributed by atoms with E-state index in [1.807, 2.05) is 6.26 Å². The number of aliphatic carboxylic acids is 1. The van der Waals surface area contributed by atoms with Gasteiger partial charge in [-0.05, 0) is 49.0 Å². The van der Waals surface area contributed by atoms with E-state index in [-0.39, 0.29) is 5.75 Å². The molecule has 0 atom stereocenters. The van der Waals surface area contributed by atoms with Crippen molar-refractivity contribution in [1.29, 1.82) is 0 Å². The first-order chi connectivity index (χ1) is 13.0. The average molecular weight is 419 g/mol. The SMILES string of the molecule is CSc1nc(SCC(=O)[O-])c2sc3nc(CC(C)C)c4c(c3c2n1)CCC4. The van der Waals surface area contributed by atoms with Crippen LogP contribution in [0.2, 0.25) is 0 Å². The maximum absolute atomic E-state index is 10.9. The Morgan fingerprint density at radius 1 is 1.22 bits per heavy atom. The molecule has 0 saturated heterocycles. The summed E-state index contributed by atoms with van der Waals surface area (Å²) < 4.78 is 0.942. The van der Waals surface area contributed by atoms with Gasteiger partial charge in [0.1, 0.15) is 9.86 Å². The Morgan fingerprint density at radius 3 is 2.70 bits per heavy atom. The number of fused-ring (bicyclic) bond motifs is 5. The molecule has 4 rings (SSSR count). The molecule has 0 unspecified atom stereocenters. The van der Waals surface area contributed by atoms with Crippen LogP contribution in [-0.2, 0) is 24.1 Å². The van der Waals surface area contributed by atoms with Gasteiger partial charge in [-0.3, -0.25) is 0 Å². The summed E-state index contributed by atoms with van der Waals surface area (Å²) in [6, 6.07) is 0. The van der Waals surface area contributed by atoms with Gasteiger partial charge in [-0.15, -0.1) is 11.3 Å². The number of pyridine rings is 1. The summed E-state index contributed by atoms with van der Waals surface area (Å²) >= 11 is 4.27. The minimum absolute atomic E-state index is 0.113. The van der Waals surface area contributed by atoms with Crippen LogP contribution in [0.5, 0.6) is 0 Å². The van der Waals surface area contributed by atoms with Crippen LogP contribution in [0, 0.1) is 5.92 Å². The number of carboxylic acids is 1. The summed E-state index contributed by atoms with van der Waals surface area (Å²) in [4.78, 5) is 26.3. The maximum Gasteiger partial charge on any atom is 0.189 e. The molecule has 1 aliphatic carbocycles. The smallest absolute Gasteiger partial charge is 0.189 e. The second-order valence-corrected chi connectivity index (χ2v) is 9.84. The molecule has 0 aromatic carbocycles. The van der Waals surface area contributed by atoms with Crippen molar-refractivity contribution < 1.29 is 9.90 Å². The highest BCUT2D eigenvalue weighted by Crippen LogP contribution is 2.43. The molecule has 5 nitrogen and oxygen atoms in total. The number of thioether (sulfide) groups is 2. The van der Waals surface area contributed by atoms with Crippen LogP contribution in [0.4, 0.5) is 0 Å². The van der Waals surface area contributed by atoms with E-state index in [0.29, 0.717) is 16.1 Å². The molecule has 0 aliphatic heterocycles. The Labute approximate surface area is 170 Å². The number of nitrogens with zero attached hydrogens (tertiary/aromatic N) is 3. The summed E-state index contributed by atoms with van der Waals surface area (Å²) in [6.07, 6.45) is 6.23. The number of thiophene rings is 1. The van der Waals surface area contributed by atoms with Crippen molar-refractivity contribution >= 4 is 61.3 Å². The molecule has 0 fully saturated rings. The van der Waals surface area contributed by atoms with Gasteiger partial charge in [-0.25, -0.2) is 15.0 Å². The van der Waals surface area contributed by atoms with Gasteiger partial charge in [0.15, 0.2) is 5.16 Å². The third kappa shape index (κ3) is 3.54. The number of carboxylic acid groups (broad SMARTS) is 1. The van der Waals surface area contributed by atoms with Gasteiger partial charge in [0.25, 0.3) is 0 Å². The first-order valence-electron chi connectivity index (χ1n) is 8.99. The van der Waals surface area contributed by atoms with Gasteiger partial charge in [0, 0.05) is 16.8 Å². The third-order valence-corrected chi connectivity index (χ3v) is 7.38. The second kappa shape index (κ2) is 7.56. The lowest BCUT2D eigenvalue weighted by molar-refractivity contribution is -0.301. The molecule has 8 heteroatoms. The summed E-state index contributed by atoms with van der Waals surface area (Å²) in [5.41, 5.74) is 4.95. The second-order valence-electron chi connectivity index (χ2n) is 7.10. The zero-order valence-corrected chi connectivity index (χ0v) is 17.9. The molecule has 0 amide bonds. The van der Waals surface area contributed by atoms with E-state index in [0.717, 1.165) is 46.1 Å². The molecule has 142 valence electrons. The fraction of sp³-hybridized carbons (Fsp3) is 0.474. The Hall–Kier alpha value is -1.38. The largest absolute Gasteiger partial charge is 0.549 e. The van der Waals surface area contributed by atoms with Crippen LogP contribution >= 0.6 is 34.9 Å². The Morgan fingerprint density at radius 2 is 2.00 bits per heavy atom. The number of aromatic nitrogens is 3. The molecular formula is C19H20N3O2S3-. The van der Waals surface area contributed by atoms with Crippen molar-refractivity contribution in [3.05, 3.63) is 16.8 Å². The van der Waals surface area contributed by atoms with E-state index in [2.05, 4.69) is 18.8 Å². The fourth-order valence-corrected chi connectivity index (χ4v) is 6.08. The van der Waals surface area contributed by atoms with Crippen LogP contribution in [-0.4, -0.2) is 32.9 Å². The van der Waals surface area contributed by atoms with Gasteiger partial charge in [-0.1, -0.05) is 37.4 Å². The van der Waals surface area contributed by atoms with E-state index in [4.69, 9.17) is 9.97 Å². The molecule has 27 heavy (non-hydrogen) atoms. The van der Waals surface area contributed by atoms with E-state index in [1.165, 1.54) is 40.3 Å². The standard InChI is InChI=1S/C19H21N3O2S3/c1-9(2)7-12-10-5-4-6-11(10)14-15-16(27-17(14)20-12)18(26-8-13(23)24)22-19(21-15)25-3/h9H,4-8H2,1-3H3,(H,23,24)/p-1. The third-order valence-electron chi connectivity index (χ3n) is 4.68. The number of rotatable bonds is 6. The summed E-state index contributed by atoms with van der Waals surface area (Å²) in [5.74, 6) is -0.638. The number of carbonyl (C=O) groups is 1. The van der Waals surface area contributed by atoms with Gasteiger partial charge < -0.3 is 9.90 Å². The number of hydrogen-bond donors (Lipinski definition) is 0. The summed E-state index contributed by atoms with van der Waals surface area (Å²) in [7, 11) is 0. The molecule has 0 bridgehead atoms. The topological polar surface area (TPSA) is 78.8 Å². The lowest BCUT2D eigenvalue weighted by Gasteiger charge is -2.11. The minimum Gasteiger partial charge on any atom is -0.549 e. The molecule has 3 aromatic rings. The van der Waals surface area contributed by atoms with Crippen molar-refractivity contribution in [1.82, 2.24) is 15.0 Å². The quantitative estimate of drug-likeness (QED) is 0.344. The van der Waals surface area contributed by atoms with Crippen molar-refractivity contribution in [3.8, 4) is 0 Å². The molecule has 0 saturated carbocycles. The zero-order valence-electron chi connectivity index (χ0n) is 15.5.